The minimum Gasteiger partial charge on any atom is -0.465 e. The summed E-state index contributed by atoms with van der Waals surface area (Å²) in [6.45, 7) is 4.63. The molecule has 1 heterocycles. The molecule has 1 aliphatic rings. The summed E-state index contributed by atoms with van der Waals surface area (Å²) in [7, 11) is 0. The number of rotatable bonds is 6. The topological polar surface area (TPSA) is 38.3 Å². The third kappa shape index (κ3) is 4.52. The van der Waals surface area contributed by atoms with Crippen LogP contribution in [0.5, 0.6) is 0 Å². The molecule has 1 N–H and O–H groups in total. The average molecular weight is 203 g/mol. The van der Waals surface area contributed by atoms with E-state index in [-0.39, 0.29) is 5.97 Å². The van der Waals surface area contributed by atoms with Gasteiger partial charge in [-0.15, -0.1) is 0 Å². The lowest BCUT2D eigenvalue weighted by molar-refractivity contribution is -0.139. The summed E-state index contributed by atoms with van der Waals surface area (Å²) in [5.41, 5.74) is 0. The zero-order valence-electron chi connectivity index (χ0n) is 8.04. The zero-order valence-corrected chi connectivity index (χ0v) is 8.86. The van der Waals surface area contributed by atoms with E-state index in [2.05, 4.69) is 5.32 Å². The van der Waals surface area contributed by atoms with E-state index in [0.717, 1.165) is 24.8 Å². The van der Waals surface area contributed by atoms with Crippen LogP contribution in [0.1, 0.15) is 13.3 Å². The van der Waals surface area contributed by atoms with Crippen LogP contribution in [-0.2, 0) is 9.53 Å². The highest BCUT2D eigenvalue weighted by molar-refractivity contribution is 7.99. The molecule has 0 bridgehead atoms. The third-order valence-corrected chi connectivity index (χ3v) is 3.03. The first-order valence-electron chi connectivity index (χ1n) is 4.77. The van der Waals surface area contributed by atoms with Crippen LogP contribution in [0.15, 0.2) is 0 Å². The Balaban J connectivity index is 1.85. The maximum atomic E-state index is 10.9. The Morgan fingerprint density at radius 3 is 2.92 bits per heavy atom. The van der Waals surface area contributed by atoms with E-state index in [0.29, 0.717) is 12.4 Å². The van der Waals surface area contributed by atoms with Crippen molar-refractivity contribution in [2.24, 2.45) is 5.92 Å². The Morgan fingerprint density at radius 2 is 2.38 bits per heavy atom. The summed E-state index contributed by atoms with van der Waals surface area (Å²) in [5, 5.41) is 3.23. The normalized spacial score (nSPS) is 16.7. The van der Waals surface area contributed by atoms with Crippen LogP contribution in [0.2, 0.25) is 0 Å². The van der Waals surface area contributed by atoms with Crippen molar-refractivity contribution in [2.75, 3.05) is 31.2 Å². The maximum absolute atomic E-state index is 10.9. The lowest BCUT2D eigenvalue weighted by atomic mass is 10.0. The van der Waals surface area contributed by atoms with Gasteiger partial charge in [-0.2, -0.15) is 11.8 Å². The van der Waals surface area contributed by atoms with Gasteiger partial charge in [-0.3, -0.25) is 4.79 Å². The Kier molecular flexibility index (Phi) is 5.23. The Morgan fingerprint density at radius 1 is 1.62 bits per heavy atom. The van der Waals surface area contributed by atoms with E-state index in [1.807, 2.05) is 6.92 Å². The quantitative estimate of drug-likeness (QED) is 0.514. The molecule has 0 atom stereocenters. The average Bonchev–Trinajstić information content (AvgIpc) is 2.01. The highest BCUT2D eigenvalue weighted by atomic mass is 32.2. The van der Waals surface area contributed by atoms with Crippen LogP contribution in [0.25, 0.3) is 0 Å². The van der Waals surface area contributed by atoms with Crippen molar-refractivity contribution in [1.82, 2.24) is 5.32 Å². The molecule has 0 saturated carbocycles. The third-order valence-electron chi connectivity index (χ3n) is 2.06. The molecule has 0 aromatic rings. The molecule has 1 saturated heterocycles. The fourth-order valence-electron chi connectivity index (χ4n) is 1.16. The highest BCUT2D eigenvalue weighted by Crippen LogP contribution is 2.13. The van der Waals surface area contributed by atoms with Gasteiger partial charge in [0.15, 0.2) is 0 Å². The molecule has 3 nitrogen and oxygen atoms in total. The van der Waals surface area contributed by atoms with Crippen molar-refractivity contribution < 1.29 is 9.53 Å². The van der Waals surface area contributed by atoms with Crippen LogP contribution in [-0.4, -0.2) is 37.2 Å². The lowest BCUT2D eigenvalue weighted by Crippen LogP contribution is -2.42. The first kappa shape index (κ1) is 10.9. The molecule has 0 spiro atoms. The summed E-state index contributed by atoms with van der Waals surface area (Å²) >= 11 is 1.68. The van der Waals surface area contributed by atoms with Crippen molar-refractivity contribution in [1.29, 1.82) is 0 Å². The summed E-state index contributed by atoms with van der Waals surface area (Å²) in [4.78, 5) is 10.9. The van der Waals surface area contributed by atoms with Crippen molar-refractivity contribution >= 4 is 17.7 Å². The number of thioether (sulfide) groups is 1. The standard InChI is InChI=1S/C9H17NO2S/c1-2-12-9(11)7-13-4-3-8-5-10-6-8/h8,10H,2-7H2,1H3. The van der Waals surface area contributed by atoms with Gasteiger partial charge in [-0.05, 0) is 38.1 Å². The van der Waals surface area contributed by atoms with E-state index in [9.17, 15) is 4.79 Å². The van der Waals surface area contributed by atoms with Crippen LogP contribution in [0.3, 0.4) is 0 Å². The number of ether oxygens (including phenoxy) is 1. The van der Waals surface area contributed by atoms with Crippen molar-refractivity contribution in [3.8, 4) is 0 Å². The van der Waals surface area contributed by atoms with E-state index in [4.69, 9.17) is 4.74 Å². The first-order chi connectivity index (χ1) is 6.33. The molecular formula is C9H17NO2S. The SMILES string of the molecule is CCOC(=O)CSCCC1CNC1. The molecular weight excluding hydrogens is 186 g/mol. The lowest BCUT2D eigenvalue weighted by Gasteiger charge is -2.26. The summed E-state index contributed by atoms with van der Waals surface area (Å²) < 4.78 is 4.82. The van der Waals surface area contributed by atoms with Gasteiger partial charge < -0.3 is 10.1 Å². The predicted molar refractivity (Wildman–Crippen MR) is 54.9 cm³/mol. The van der Waals surface area contributed by atoms with Gasteiger partial charge in [0.05, 0.1) is 12.4 Å². The highest BCUT2D eigenvalue weighted by Gasteiger charge is 2.15. The van der Waals surface area contributed by atoms with Gasteiger partial charge in [-0.25, -0.2) is 0 Å². The Bertz CT molecular complexity index is 160. The molecule has 0 radical (unpaired) electrons. The van der Waals surface area contributed by atoms with Gasteiger partial charge >= 0.3 is 5.97 Å². The molecule has 4 heteroatoms. The summed E-state index contributed by atoms with van der Waals surface area (Å²) in [6.07, 6.45) is 1.22. The van der Waals surface area contributed by atoms with E-state index in [1.165, 1.54) is 6.42 Å². The predicted octanol–water partition coefficient (Wildman–Crippen LogP) is 0.892. The fraction of sp³-hybridized carbons (Fsp3) is 0.889. The minimum absolute atomic E-state index is 0.0840. The fourth-order valence-corrected chi connectivity index (χ4v) is 2.06. The monoisotopic (exact) mass is 203 g/mol. The van der Waals surface area contributed by atoms with Crippen LogP contribution in [0.4, 0.5) is 0 Å². The largest absolute Gasteiger partial charge is 0.465 e. The first-order valence-corrected chi connectivity index (χ1v) is 5.92. The van der Waals surface area contributed by atoms with Gasteiger partial charge in [0.25, 0.3) is 0 Å². The van der Waals surface area contributed by atoms with Gasteiger partial charge in [-0.1, -0.05) is 0 Å². The number of carbonyl (C=O) groups excluding carboxylic acids is 1. The Labute approximate surface area is 83.6 Å². The second-order valence-corrected chi connectivity index (χ2v) is 4.28. The molecule has 0 amide bonds. The van der Waals surface area contributed by atoms with Crippen molar-refractivity contribution in [3.05, 3.63) is 0 Å². The maximum Gasteiger partial charge on any atom is 0.315 e. The molecule has 0 aromatic heterocycles. The second kappa shape index (κ2) is 6.27. The van der Waals surface area contributed by atoms with Gasteiger partial charge in [0, 0.05) is 0 Å². The minimum atomic E-state index is -0.0840. The molecule has 0 aliphatic carbocycles. The number of carbonyl (C=O) groups is 1. The smallest absolute Gasteiger partial charge is 0.315 e. The Hall–Kier alpha value is -0.220. The zero-order chi connectivity index (χ0) is 9.52. The van der Waals surface area contributed by atoms with Crippen LogP contribution < -0.4 is 5.32 Å². The van der Waals surface area contributed by atoms with E-state index >= 15 is 0 Å². The summed E-state index contributed by atoms with van der Waals surface area (Å²) in [5.74, 6) is 2.34. The van der Waals surface area contributed by atoms with E-state index < -0.39 is 0 Å². The van der Waals surface area contributed by atoms with E-state index in [1.54, 1.807) is 11.8 Å². The van der Waals surface area contributed by atoms with Crippen molar-refractivity contribution in [2.45, 2.75) is 13.3 Å². The molecule has 1 aliphatic heterocycles. The molecule has 0 aromatic carbocycles. The van der Waals surface area contributed by atoms with Crippen LogP contribution in [0, 0.1) is 5.92 Å². The second-order valence-electron chi connectivity index (χ2n) is 3.17. The van der Waals surface area contributed by atoms with Gasteiger partial charge in [0.2, 0.25) is 0 Å². The molecule has 1 rings (SSSR count). The van der Waals surface area contributed by atoms with Crippen molar-refractivity contribution in [3.63, 3.8) is 0 Å². The molecule has 0 unspecified atom stereocenters. The summed E-state index contributed by atoms with van der Waals surface area (Å²) in [6, 6.07) is 0. The number of hydrogen-bond donors (Lipinski definition) is 1. The number of esters is 1. The number of nitrogens with one attached hydrogen (secondary N) is 1. The number of hydrogen-bond acceptors (Lipinski definition) is 4. The van der Waals surface area contributed by atoms with Gasteiger partial charge in [0.1, 0.15) is 0 Å². The molecule has 1 fully saturated rings. The van der Waals surface area contributed by atoms with Crippen LogP contribution >= 0.6 is 11.8 Å². The molecule has 76 valence electrons. The molecule has 13 heavy (non-hydrogen) atoms.